The molecular formula is C26H20O5S. The summed E-state index contributed by atoms with van der Waals surface area (Å²) < 4.78 is 39.3. The molecular weight excluding hydrogens is 424 g/mol. The van der Waals surface area contributed by atoms with Crippen molar-refractivity contribution in [1.29, 1.82) is 0 Å². The van der Waals surface area contributed by atoms with Gasteiger partial charge >= 0.3 is 5.97 Å². The molecule has 160 valence electrons. The zero-order chi connectivity index (χ0) is 22.1. The molecule has 0 amide bonds. The SMILES string of the molecule is COC(=O)C12OC(c3ccccc31)C1C(S(=O)(=O)c3ccccc3)=C(c3ccccc3)C12. The standard InChI is InChI=1S/C26H20O5S/c1-30-25(27)26-19-15-9-8-14-18(19)23(31-26)21-22(26)20(16-10-4-2-5-11-16)24(21)32(28,29)17-12-6-3-7-13-17/h2-15,21-23H,1H3. The van der Waals surface area contributed by atoms with Crippen LogP contribution in [0.1, 0.15) is 22.8 Å². The smallest absolute Gasteiger partial charge is 0.343 e. The highest BCUT2D eigenvalue weighted by atomic mass is 32.2. The highest BCUT2D eigenvalue weighted by Crippen LogP contribution is 2.72. The van der Waals surface area contributed by atoms with Crippen LogP contribution in [0, 0.1) is 11.8 Å². The molecule has 3 aliphatic rings. The van der Waals surface area contributed by atoms with E-state index < -0.39 is 39.3 Å². The highest BCUT2D eigenvalue weighted by Gasteiger charge is 2.74. The molecule has 2 bridgehead atoms. The van der Waals surface area contributed by atoms with Crippen LogP contribution in [-0.4, -0.2) is 21.5 Å². The zero-order valence-electron chi connectivity index (χ0n) is 17.3. The van der Waals surface area contributed by atoms with E-state index in [1.165, 1.54) is 7.11 Å². The number of esters is 1. The van der Waals surface area contributed by atoms with E-state index in [0.29, 0.717) is 10.5 Å². The Bertz CT molecular complexity index is 1380. The minimum Gasteiger partial charge on any atom is -0.467 e. The molecule has 0 radical (unpaired) electrons. The number of sulfone groups is 1. The number of hydrogen-bond acceptors (Lipinski definition) is 5. The third-order valence-corrected chi connectivity index (χ3v) is 8.86. The minimum atomic E-state index is -3.79. The summed E-state index contributed by atoms with van der Waals surface area (Å²) in [4.78, 5) is 13.8. The number of benzene rings is 3. The van der Waals surface area contributed by atoms with Gasteiger partial charge in [-0.15, -0.1) is 0 Å². The Morgan fingerprint density at radius 3 is 2.22 bits per heavy atom. The van der Waals surface area contributed by atoms with Gasteiger partial charge in [-0.2, -0.15) is 0 Å². The van der Waals surface area contributed by atoms with Crippen molar-refractivity contribution in [2.75, 3.05) is 7.11 Å². The first-order chi connectivity index (χ1) is 15.5. The molecule has 0 N–H and O–H groups in total. The van der Waals surface area contributed by atoms with Gasteiger partial charge in [0, 0.05) is 17.4 Å². The molecule has 0 aromatic heterocycles. The van der Waals surface area contributed by atoms with Gasteiger partial charge in [-0.25, -0.2) is 13.2 Å². The first-order valence-corrected chi connectivity index (χ1v) is 12.0. The maximum absolute atomic E-state index is 13.8. The molecule has 2 aliphatic heterocycles. The van der Waals surface area contributed by atoms with Crippen LogP contribution in [0.2, 0.25) is 0 Å². The Kier molecular flexibility index (Phi) is 4.04. The van der Waals surface area contributed by atoms with Gasteiger partial charge in [-0.3, -0.25) is 0 Å². The molecule has 3 aromatic carbocycles. The van der Waals surface area contributed by atoms with Gasteiger partial charge in [0.2, 0.25) is 9.84 Å². The molecule has 4 atom stereocenters. The van der Waals surface area contributed by atoms with E-state index in [-0.39, 0.29) is 4.90 Å². The monoisotopic (exact) mass is 444 g/mol. The lowest BCUT2D eigenvalue weighted by Gasteiger charge is -2.46. The van der Waals surface area contributed by atoms with Gasteiger partial charge in [-0.1, -0.05) is 72.8 Å². The average molecular weight is 445 g/mol. The van der Waals surface area contributed by atoms with Crippen LogP contribution in [0.3, 0.4) is 0 Å². The van der Waals surface area contributed by atoms with Crippen molar-refractivity contribution in [3.8, 4) is 0 Å². The molecule has 4 unspecified atom stereocenters. The van der Waals surface area contributed by atoms with Crippen molar-refractivity contribution in [3.05, 3.63) is 107 Å². The van der Waals surface area contributed by atoms with Crippen LogP contribution in [0.25, 0.3) is 5.57 Å². The maximum atomic E-state index is 13.8. The number of ether oxygens (including phenoxy) is 2. The van der Waals surface area contributed by atoms with Crippen LogP contribution in [0.15, 0.2) is 94.7 Å². The van der Waals surface area contributed by atoms with Gasteiger partial charge < -0.3 is 9.47 Å². The van der Waals surface area contributed by atoms with Gasteiger partial charge in [0.15, 0.2) is 5.60 Å². The van der Waals surface area contributed by atoms with E-state index in [0.717, 1.165) is 16.7 Å². The predicted octanol–water partition coefficient (Wildman–Crippen LogP) is 4.27. The second-order valence-electron chi connectivity index (χ2n) is 8.32. The van der Waals surface area contributed by atoms with E-state index in [2.05, 4.69) is 0 Å². The first-order valence-electron chi connectivity index (χ1n) is 10.5. The van der Waals surface area contributed by atoms with E-state index in [1.807, 2.05) is 54.6 Å². The lowest BCUT2D eigenvalue weighted by molar-refractivity contribution is -0.168. The van der Waals surface area contributed by atoms with Crippen molar-refractivity contribution in [2.24, 2.45) is 11.8 Å². The Morgan fingerprint density at radius 1 is 0.906 bits per heavy atom. The number of rotatable bonds is 4. The number of methoxy groups -OCH3 is 1. The van der Waals surface area contributed by atoms with Crippen LogP contribution >= 0.6 is 0 Å². The molecule has 32 heavy (non-hydrogen) atoms. The van der Waals surface area contributed by atoms with Gasteiger partial charge in [-0.05, 0) is 28.8 Å². The molecule has 6 rings (SSSR count). The van der Waals surface area contributed by atoms with Crippen molar-refractivity contribution in [1.82, 2.24) is 0 Å². The van der Waals surface area contributed by atoms with Crippen LogP contribution in [0.5, 0.6) is 0 Å². The summed E-state index contributed by atoms with van der Waals surface area (Å²) in [6.07, 6.45) is -0.517. The second-order valence-corrected chi connectivity index (χ2v) is 10.2. The quantitative estimate of drug-likeness (QED) is 0.562. The lowest BCUT2D eigenvalue weighted by atomic mass is 9.58. The third-order valence-electron chi connectivity index (χ3n) is 6.90. The molecule has 2 heterocycles. The summed E-state index contributed by atoms with van der Waals surface area (Å²) in [6, 6.07) is 25.4. The topological polar surface area (TPSA) is 69.7 Å². The lowest BCUT2D eigenvalue weighted by Crippen LogP contribution is -2.49. The van der Waals surface area contributed by atoms with Gasteiger partial charge in [0.25, 0.3) is 0 Å². The summed E-state index contributed by atoms with van der Waals surface area (Å²) >= 11 is 0. The molecule has 1 fully saturated rings. The molecule has 5 nitrogen and oxygen atoms in total. The van der Waals surface area contributed by atoms with Crippen LogP contribution in [-0.2, 0) is 29.7 Å². The number of fused-ring (bicyclic) bond motifs is 8. The third kappa shape index (κ3) is 2.26. The fourth-order valence-corrected chi connectivity index (χ4v) is 7.60. The average Bonchev–Trinajstić information content (AvgIpc) is 3.29. The predicted molar refractivity (Wildman–Crippen MR) is 118 cm³/mol. The number of hydrogen-bond donors (Lipinski definition) is 0. The molecule has 0 saturated carbocycles. The molecule has 0 spiro atoms. The summed E-state index contributed by atoms with van der Waals surface area (Å²) in [5.74, 6) is -1.39. The first kappa shape index (κ1) is 19.5. The normalized spacial score (nSPS) is 27.5. The second kappa shape index (κ2) is 6.64. The maximum Gasteiger partial charge on any atom is 0.343 e. The zero-order valence-corrected chi connectivity index (χ0v) is 18.1. The Balaban J connectivity index is 1.64. The van der Waals surface area contributed by atoms with E-state index in [9.17, 15) is 13.2 Å². The van der Waals surface area contributed by atoms with Crippen LogP contribution < -0.4 is 0 Å². The fourth-order valence-electron chi connectivity index (χ4n) is 5.68. The Hall–Kier alpha value is -3.22. The largest absolute Gasteiger partial charge is 0.467 e. The molecule has 1 aliphatic carbocycles. The van der Waals surface area contributed by atoms with E-state index in [4.69, 9.17) is 9.47 Å². The van der Waals surface area contributed by atoms with E-state index >= 15 is 0 Å². The summed E-state index contributed by atoms with van der Waals surface area (Å²) in [5, 5.41) is 0. The Labute approximate surface area is 186 Å². The summed E-state index contributed by atoms with van der Waals surface area (Å²) in [5.41, 5.74) is 1.69. The molecule has 1 saturated heterocycles. The number of carbonyl (C=O) groups excluding carboxylic acids is 1. The van der Waals surface area contributed by atoms with Crippen molar-refractivity contribution >= 4 is 21.4 Å². The molecule has 3 aromatic rings. The summed E-state index contributed by atoms with van der Waals surface area (Å²) in [6.45, 7) is 0. The van der Waals surface area contributed by atoms with Crippen LogP contribution in [0.4, 0.5) is 0 Å². The van der Waals surface area contributed by atoms with Gasteiger partial charge in [0.05, 0.1) is 23.0 Å². The van der Waals surface area contributed by atoms with Crippen molar-refractivity contribution in [3.63, 3.8) is 0 Å². The molecule has 6 heteroatoms. The fraction of sp³-hybridized carbons (Fsp3) is 0.192. The number of carbonyl (C=O) groups is 1. The van der Waals surface area contributed by atoms with Crippen molar-refractivity contribution < 1.29 is 22.7 Å². The minimum absolute atomic E-state index is 0.241. The Morgan fingerprint density at radius 2 is 1.53 bits per heavy atom. The highest BCUT2D eigenvalue weighted by molar-refractivity contribution is 7.95. The van der Waals surface area contributed by atoms with Crippen molar-refractivity contribution in [2.45, 2.75) is 16.6 Å². The van der Waals surface area contributed by atoms with Gasteiger partial charge in [0.1, 0.15) is 0 Å². The van der Waals surface area contributed by atoms with E-state index in [1.54, 1.807) is 30.3 Å². The summed E-state index contributed by atoms with van der Waals surface area (Å²) in [7, 11) is -2.45.